The first-order valence-corrected chi connectivity index (χ1v) is 6.66. The molecule has 1 aromatic carbocycles. The van der Waals surface area contributed by atoms with E-state index in [0.717, 1.165) is 42.9 Å². The summed E-state index contributed by atoms with van der Waals surface area (Å²) in [6.45, 7) is 0.851. The summed E-state index contributed by atoms with van der Waals surface area (Å²) in [7, 11) is 3.30. The number of alkyl halides is 1. The first-order chi connectivity index (χ1) is 8.74. The Hall–Kier alpha value is -0.930. The number of benzene rings is 1. The fourth-order valence-corrected chi connectivity index (χ4v) is 2.64. The fraction of sp³-hybridized carbons (Fsp3) is 0.571. The lowest BCUT2D eigenvalue weighted by atomic mass is 10.0. The molecule has 1 aliphatic rings. The van der Waals surface area contributed by atoms with Gasteiger partial charge in [0, 0.05) is 12.2 Å². The minimum Gasteiger partial charge on any atom is -0.497 e. The summed E-state index contributed by atoms with van der Waals surface area (Å²) >= 11 is 6.48. The largest absolute Gasteiger partial charge is 0.497 e. The van der Waals surface area contributed by atoms with Crippen molar-refractivity contribution >= 4 is 11.6 Å². The molecule has 0 amide bonds. The molecule has 4 heteroatoms. The lowest BCUT2D eigenvalue weighted by Gasteiger charge is -2.18. The zero-order chi connectivity index (χ0) is 13.0. The third kappa shape index (κ3) is 3.09. The predicted molar refractivity (Wildman–Crippen MR) is 71.7 cm³/mol. The van der Waals surface area contributed by atoms with E-state index in [9.17, 15) is 0 Å². The molecule has 1 aromatic rings. The number of methoxy groups -OCH3 is 2. The van der Waals surface area contributed by atoms with E-state index >= 15 is 0 Å². The van der Waals surface area contributed by atoms with Crippen molar-refractivity contribution in [3.63, 3.8) is 0 Å². The van der Waals surface area contributed by atoms with E-state index in [1.807, 2.05) is 18.2 Å². The Labute approximate surface area is 113 Å². The number of halogens is 1. The Morgan fingerprint density at radius 1 is 1.39 bits per heavy atom. The average molecular weight is 271 g/mol. The zero-order valence-corrected chi connectivity index (χ0v) is 11.6. The van der Waals surface area contributed by atoms with Gasteiger partial charge in [0.2, 0.25) is 0 Å². The summed E-state index contributed by atoms with van der Waals surface area (Å²) in [5, 5.41) is -0.113. The molecule has 0 spiro atoms. The smallest absolute Gasteiger partial charge is 0.123 e. The summed E-state index contributed by atoms with van der Waals surface area (Å²) in [5.41, 5.74) is 0.967. The van der Waals surface area contributed by atoms with Gasteiger partial charge in [-0.2, -0.15) is 0 Å². The van der Waals surface area contributed by atoms with Gasteiger partial charge in [-0.3, -0.25) is 0 Å². The molecule has 0 radical (unpaired) electrons. The van der Waals surface area contributed by atoms with E-state index in [-0.39, 0.29) is 11.5 Å². The third-order valence-electron chi connectivity index (χ3n) is 3.27. The second-order valence-corrected chi connectivity index (χ2v) is 4.97. The van der Waals surface area contributed by atoms with Crippen LogP contribution in [0.2, 0.25) is 0 Å². The summed E-state index contributed by atoms with van der Waals surface area (Å²) in [5.74, 6) is 1.59. The van der Waals surface area contributed by atoms with Gasteiger partial charge in [0.1, 0.15) is 11.5 Å². The van der Waals surface area contributed by atoms with E-state index in [1.54, 1.807) is 14.2 Å². The normalized spacial score (nSPS) is 20.7. The van der Waals surface area contributed by atoms with Gasteiger partial charge < -0.3 is 14.2 Å². The maximum atomic E-state index is 6.48. The zero-order valence-electron chi connectivity index (χ0n) is 10.8. The Morgan fingerprint density at radius 2 is 2.22 bits per heavy atom. The quantitative estimate of drug-likeness (QED) is 0.766. The molecule has 0 aromatic heterocycles. The van der Waals surface area contributed by atoms with Crippen LogP contribution in [-0.2, 0) is 4.74 Å². The maximum absolute atomic E-state index is 6.48. The molecule has 1 aliphatic heterocycles. The second-order valence-electron chi connectivity index (χ2n) is 4.45. The van der Waals surface area contributed by atoms with Gasteiger partial charge in [-0.15, -0.1) is 11.6 Å². The van der Waals surface area contributed by atoms with Gasteiger partial charge in [-0.1, -0.05) is 0 Å². The van der Waals surface area contributed by atoms with Crippen LogP contribution in [0.3, 0.4) is 0 Å². The fourth-order valence-electron chi connectivity index (χ4n) is 2.27. The average Bonchev–Trinajstić information content (AvgIpc) is 2.90. The molecular weight excluding hydrogens is 252 g/mol. The third-order valence-corrected chi connectivity index (χ3v) is 3.68. The monoisotopic (exact) mass is 270 g/mol. The predicted octanol–water partition coefficient (Wildman–Crippen LogP) is 3.55. The number of hydrogen-bond acceptors (Lipinski definition) is 3. The SMILES string of the molecule is COc1ccc(OC)c(C(Cl)CC2CCCO2)c1. The summed E-state index contributed by atoms with van der Waals surface area (Å²) in [6.07, 6.45) is 3.30. The summed E-state index contributed by atoms with van der Waals surface area (Å²) in [6, 6.07) is 5.70. The van der Waals surface area contributed by atoms with Crippen LogP contribution in [0.4, 0.5) is 0 Å². The Balaban J connectivity index is 2.13. The Bertz CT molecular complexity index is 389. The highest BCUT2D eigenvalue weighted by Crippen LogP contribution is 2.37. The highest BCUT2D eigenvalue weighted by Gasteiger charge is 2.23. The lowest BCUT2D eigenvalue weighted by Crippen LogP contribution is -2.09. The minimum atomic E-state index is -0.113. The molecule has 2 atom stereocenters. The number of ether oxygens (including phenoxy) is 3. The van der Waals surface area contributed by atoms with E-state index < -0.39 is 0 Å². The van der Waals surface area contributed by atoms with Crippen molar-refractivity contribution in [1.29, 1.82) is 0 Å². The Kier molecular flexibility index (Phi) is 4.72. The Morgan fingerprint density at radius 3 is 2.83 bits per heavy atom. The molecule has 1 fully saturated rings. The summed E-state index contributed by atoms with van der Waals surface area (Å²) in [4.78, 5) is 0. The molecule has 2 unspecified atom stereocenters. The molecule has 18 heavy (non-hydrogen) atoms. The van der Waals surface area contributed by atoms with Crippen molar-refractivity contribution in [2.45, 2.75) is 30.7 Å². The van der Waals surface area contributed by atoms with Gasteiger partial charge >= 0.3 is 0 Å². The molecular formula is C14H19ClO3. The van der Waals surface area contributed by atoms with E-state index in [0.29, 0.717) is 0 Å². The van der Waals surface area contributed by atoms with Crippen LogP contribution in [0.25, 0.3) is 0 Å². The number of rotatable bonds is 5. The molecule has 100 valence electrons. The van der Waals surface area contributed by atoms with Crippen LogP contribution in [0, 0.1) is 0 Å². The standard InChI is InChI=1S/C14H19ClO3/c1-16-10-5-6-14(17-2)12(8-10)13(15)9-11-4-3-7-18-11/h5-6,8,11,13H,3-4,7,9H2,1-2H3. The molecule has 1 heterocycles. The van der Waals surface area contributed by atoms with Crippen LogP contribution < -0.4 is 9.47 Å². The van der Waals surface area contributed by atoms with Crippen LogP contribution in [0.5, 0.6) is 11.5 Å². The molecule has 2 rings (SSSR count). The van der Waals surface area contributed by atoms with Crippen molar-refractivity contribution < 1.29 is 14.2 Å². The van der Waals surface area contributed by atoms with Crippen LogP contribution in [0.15, 0.2) is 18.2 Å². The van der Waals surface area contributed by atoms with Crippen molar-refractivity contribution in [1.82, 2.24) is 0 Å². The molecule has 1 saturated heterocycles. The molecule has 0 N–H and O–H groups in total. The van der Waals surface area contributed by atoms with Crippen molar-refractivity contribution in [3.05, 3.63) is 23.8 Å². The van der Waals surface area contributed by atoms with Gasteiger partial charge in [0.05, 0.1) is 25.7 Å². The topological polar surface area (TPSA) is 27.7 Å². The van der Waals surface area contributed by atoms with Crippen molar-refractivity contribution in [2.75, 3.05) is 20.8 Å². The van der Waals surface area contributed by atoms with Crippen LogP contribution >= 0.6 is 11.6 Å². The second kappa shape index (κ2) is 6.30. The first-order valence-electron chi connectivity index (χ1n) is 6.22. The summed E-state index contributed by atoms with van der Waals surface area (Å²) < 4.78 is 16.2. The maximum Gasteiger partial charge on any atom is 0.123 e. The molecule has 0 saturated carbocycles. The van der Waals surface area contributed by atoms with Crippen LogP contribution in [0.1, 0.15) is 30.2 Å². The van der Waals surface area contributed by atoms with E-state index in [2.05, 4.69) is 0 Å². The first kappa shape index (κ1) is 13.5. The van der Waals surface area contributed by atoms with Gasteiger partial charge in [-0.25, -0.2) is 0 Å². The van der Waals surface area contributed by atoms with Gasteiger partial charge in [-0.05, 0) is 37.5 Å². The molecule has 0 bridgehead atoms. The highest BCUT2D eigenvalue weighted by molar-refractivity contribution is 6.21. The lowest BCUT2D eigenvalue weighted by molar-refractivity contribution is 0.103. The van der Waals surface area contributed by atoms with Crippen LogP contribution in [-0.4, -0.2) is 26.9 Å². The van der Waals surface area contributed by atoms with E-state index in [4.69, 9.17) is 25.8 Å². The van der Waals surface area contributed by atoms with Gasteiger partial charge in [0.15, 0.2) is 0 Å². The molecule has 0 aliphatic carbocycles. The number of hydrogen-bond donors (Lipinski definition) is 0. The van der Waals surface area contributed by atoms with Crippen molar-refractivity contribution in [2.24, 2.45) is 0 Å². The van der Waals surface area contributed by atoms with Gasteiger partial charge in [0.25, 0.3) is 0 Å². The highest BCUT2D eigenvalue weighted by atomic mass is 35.5. The minimum absolute atomic E-state index is 0.113. The van der Waals surface area contributed by atoms with Crippen molar-refractivity contribution in [3.8, 4) is 11.5 Å². The van der Waals surface area contributed by atoms with E-state index in [1.165, 1.54) is 0 Å². The molecule has 3 nitrogen and oxygen atoms in total.